The molecule has 0 fully saturated rings. The summed E-state index contributed by atoms with van der Waals surface area (Å²) in [6, 6.07) is 0. The number of aliphatic hydroxyl groups excluding tert-OH is 1. The third-order valence-corrected chi connectivity index (χ3v) is 0.651. The summed E-state index contributed by atoms with van der Waals surface area (Å²) in [4.78, 5) is 0. The minimum atomic E-state index is 0.200. The smallest absolute Gasteiger partial charge is 0.130 e. The molecule has 0 aromatic carbocycles. The Morgan fingerprint density at radius 1 is 1.89 bits per heavy atom. The molecule has 0 aliphatic heterocycles. The Labute approximate surface area is 54.4 Å². The van der Waals surface area contributed by atoms with Crippen LogP contribution in [0.25, 0.3) is 0 Å². The number of ether oxygens (including phenoxy) is 1. The van der Waals surface area contributed by atoms with Crippen molar-refractivity contribution in [3.8, 4) is 0 Å². The Kier molecular flexibility index (Phi) is 3.35. The molecule has 0 aliphatic rings. The van der Waals surface area contributed by atoms with Crippen molar-refractivity contribution in [2.75, 3.05) is 6.61 Å². The van der Waals surface area contributed by atoms with Gasteiger partial charge in [-0.2, -0.15) is 0 Å². The third kappa shape index (κ3) is 4.74. The van der Waals surface area contributed by atoms with Gasteiger partial charge in [0.25, 0.3) is 0 Å². The summed E-state index contributed by atoms with van der Waals surface area (Å²) >= 11 is 0. The molecular formula is C6H11NO2. The van der Waals surface area contributed by atoms with Crippen molar-refractivity contribution in [3.63, 3.8) is 0 Å². The summed E-state index contributed by atoms with van der Waals surface area (Å²) in [6.07, 6.45) is 0.808. The van der Waals surface area contributed by atoms with Crippen molar-refractivity contribution < 1.29 is 9.84 Å². The van der Waals surface area contributed by atoms with Gasteiger partial charge in [-0.1, -0.05) is 6.58 Å². The summed E-state index contributed by atoms with van der Waals surface area (Å²) in [6.45, 7) is 5.39. The van der Waals surface area contributed by atoms with E-state index in [1.165, 1.54) is 0 Å². The molecule has 0 rings (SSSR count). The van der Waals surface area contributed by atoms with Gasteiger partial charge in [0.2, 0.25) is 0 Å². The minimum absolute atomic E-state index is 0.200. The van der Waals surface area contributed by atoms with Crippen molar-refractivity contribution in [2.24, 2.45) is 5.73 Å². The van der Waals surface area contributed by atoms with E-state index in [0.29, 0.717) is 5.76 Å². The van der Waals surface area contributed by atoms with Gasteiger partial charge >= 0.3 is 0 Å². The van der Waals surface area contributed by atoms with Crippen LogP contribution in [0.5, 0.6) is 0 Å². The molecule has 0 bridgehead atoms. The number of rotatable bonds is 3. The van der Waals surface area contributed by atoms with E-state index >= 15 is 0 Å². The lowest BCUT2D eigenvalue weighted by atomic mass is 10.5. The summed E-state index contributed by atoms with van der Waals surface area (Å²) in [5.41, 5.74) is 5.46. The van der Waals surface area contributed by atoms with Gasteiger partial charge < -0.3 is 15.6 Å². The molecule has 3 N–H and O–H groups in total. The average molecular weight is 129 g/mol. The molecule has 0 saturated carbocycles. The van der Waals surface area contributed by atoms with Crippen molar-refractivity contribution >= 4 is 0 Å². The van der Waals surface area contributed by atoms with Gasteiger partial charge in [0.15, 0.2) is 0 Å². The Morgan fingerprint density at radius 2 is 2.44 bits per heavy atom. The molecule has 0 radical (unpaired) electrons. The molecule has 52 valence electrons. The van der Waals surface area contributed by atoms with Gasteiger partial charge in [-0.3, -0.25) is 0 Å². The molecule has 0 aliphatic carbocycles. The van der Waals surface area contributed by atoms with Crippen LogP contribution in [-0.2, 0) is 4.74 Å². The van der Waals surface area contributed by atoms with Gasteiger partial charge in [-0.15, -0.1) is 0 Å². The first kappa shape index (κ1) is 7.88. The summed E-state index contributed by atoms with van der Waals surface area (Å²) in [7, 11) is 0. The highest BCUT2D eigenvalue weighted by Crippen LogP contribution is 1.92. The van der Waals surface area contributed by atoms with Gasteiger partial charge in [-0.25, -0.2) is 0 Å². The molecule has 0 aromatic heterocycles. The van der Waals surface area contributed by atoms with E-state index in [9.17, 15) is 0 Å². The second-order valence-electron chi connectivity index (χ2n) is 1.69. The van der Waals surface area contributed by atoms with Crippen LogP contribution in [0.2, 0.25) is 0 Å². The highest BCUT2D eigenvalue weighted by atomic mass is 16.5. The highest BCUT2D eigenvalue weighted by molar-refractivity contribution is 4.91. The summed E-state index contributed by atoms with van der Waals surface area (Å²) in [5.74, 6) is 0.583. The number of hydrogen-bond donors (Lipinski definition) is 2. The minimum Gasteiger partial charge on any atom is -0.514 e. The molecule has 0 unspecified atom stereocenters. The maximum absolute atomic E-state index is 8.25. The lowest BCUT2D eigenvalue weighted by Crippen LogP contribution is -2.05. The highest BCUT2D eigenvalue weighted by Gasteiger charge is 1.88. The monoisotopic (exact) mass is 129 g/mol. The van der Waals surface area contributed by atoms with Gasteiger partial charge in [0.1, 0.15) is 12.9 Å². The fourth-order valence-electron chi connectivity index (χ4n) is 0.244. The van der Waals surface area contributed by atoms with E-state index in [2.05, 4.69) is 6.58 Å². The van der Waals surface area contributed by atoms with Crippen molar-refractivity contribution in [2.45, 2.75) is 6.92 Å². The first-order valence-corrected chi connectivity index (χ1v) is 2.54. The molecule has 9 heavy (non-hydrogen) atoms. The zero-order chi connectivity index (χ0) is 7.28. The van der Waals surface area contributed by atoms with E-state index < -0.39 is 0 Å². The van der Waals surface area contributed by atoms with E-state index in [4.69, 9.17) is 15.6 Å². The van der Waals surface area contributed by atoms with Crippen molar-refractivity contribution in [1.29, 1.82) is 0 Å². The fourth-order valence-corrected chi connectivity index (χ4v) is 0.244. The second-order valence-corrected chi connectivity index (χ2v) is 1.69. The third-order valence-electron chi connectivity index (χ3n) is 0.651. The van der Waals surface area contributed by atoms with Crippen LogP contribution in [-0.4, -0.2) is 11.7 Å². The van der Waals surface area contributed by atoms with Crippen LogP contribution in [0.4, 0.5) is 0 Å². The van der Waals surface area contributed by atoms with E-state index in [1.54, 1.807) is 6.92 Å². The average Bonchev–Trinajstić information content (AvgIpc) is 1.83. The predicted molar refractivity (Wildman–Crippen MR) is 35.7 cm³/mol. The Morgan fingerprint density at radius 3 is 2.78 bits per heavy atom. The normalized spacial score (nSPS) is 11.0. The standard InChI is InChI=1S/C6H11NO2/c1-5(2)9-4-6(7)3-8/h3,8H,1,4,7H2,2H3/b6-3-. The van der Waals surface area contributed by atoms with Crippen LogP contribution in [0, 0.1) is 0 Å². The van der Waals surface area contributed by atoms with Crippen molar-refractivity contribution in [1.82, 2.24) is 0 Å². The molecule has 3 nitrogen and oxygen atoms in total. The summed E-state index contributed by atoms with van der Waals surface area (Å²) in [5, 5.41) is 8.25. The summed E-state index contributed by atoms with van der Waals surface area (Å²) < 4.78 is 4.85. The Hall–Kier alpha value is -1.12. The quantitative estimate of drug-likeness (QED) is 0.556. The first-order valence-electron chi connectivity index (χ1n) is 2.54. The van der Waals surface area contributed by atoms with Crippen molar-refractivity contribution in [3.05, 3.63) is 24.3 Å². The second kappa shape index (κ2) is 3.83. The number of allylic oxidation sites excluding steroid dienone is 1. The van der Waals surface area contributed by atoms with Crippen LogP contribution in [0.1, 0.15) is 6.92 Å². The topological polar surface area (TPSA) is 55.5 Å². The largest absolute Gasteiger partial charge is 0.514 e. The van der Waals surface area contributed by atoms with Gasteiger partial charge in [0.05, 0.1) is 11.5 Å². The lowest BCUT2D eigenvalue weighted by Gasteiger charge is -2.02. The number of nitrogens with two attached hydrogens (primary N) is 1. The molecule has 3 heteroatoms. The SMILES string of the molecule is C=C(C)OC/C(N)=C/O. The number of aliphatic hydroxyl groups is 1. The maximum Gasteiger partial charge on any atom is 0.130 e. The maximum atomic E-state index is 8.25. The van der Waals surface area contributed by atoms with Crippen LogP contribution < -0.4 is 5.73 Å². The van der Waals surface area contributed by atoms with Crippen LogP contribution >= 0.6 is 0 Å². The molecule has 0 spiro atoms. The molecule has 0 atom stereocenters. The molecule has 0 amide bonds. The Balaban J connectivity index is 3.39. The molecule has 0 aromatic rings. The fraction of sp³-hybridized carbons (Fsp3) is 0.333. The van der Waals surface area contributed by atoms with E-state index in [-0.39, 0.29) is 12.3 Å². The zero-order valence-electron chi connectivity index (χ0n) is 5.42. The Bertz CT molecular complexity index is 129. The van der Waals surface area contributed by atoms with Gasteiger partial charge in [0, 0.05) is 0 Å². The molecule has 0 saturated heterocycles. The van der Waals surface area contributed by atoms with Crippen LogP contribution in [0.3, 0.4) is 0 Å². The number of hydrogen-bond acceptors (Lipinski definition) is 3. The molecular weight excluding hydrogens is 118 g/mol. The lowest BCUT2D eigenvalue weighted by molar-refractivity contribution is 0.239. The van der Waals surface area contributed by atoms with Crippen LogP contribution in [0.15, 0.2) is 24.3 Å². The van der Waals surface area contributed by atoms with E-state index in [1.807, 2.05) is 0 Å². The predicted octanol–water partition coefficient (Wildman–Crippen LogP) is 0.895. The first-order chi connectivity index (χ1) is 4.16. The molecule has 0 heterocycles. The van der Waals surface area contributed by atoms with Gasteiger partial charge in [-0.05, 0) is 6.92 Å². The zero-order valence-corrected chi connectivity index (χ0v) is 5.42. The van der Waals surface area contributed by atoms with E-state index in [0.717, 1.165) is 6.26 Å².